The Bertz CT molecular complexity index is 201. The molecule has 0 bridgehead atoms. The van der Waals surface area contributed by atoms with E-state index in [-0.39, 0.29) is 0 Å². The molecule has 0 heterocycles. The van der Waals surface area contributed by atoms with Crippen molar-refractivity contribution in [3.63, 3.8) is 0 Å². The van der Waals surface area contributed by atoms with E-state index in [1.54, 1.807) is 0 Å². The summed E-state index contributed by atoms with van der Waals surface area (Å²) in [6.45, 7) is -1.25. The molecule has 0 saturated carbocycles. The summed E-state index contributed by atoms with van der Waals surface area (Å²) in [6.07, 6.45) is -3.22. The fourth-order valence-corrected chi connectivity index (χ4v) is 0.509. The number of hydrogen-bond donors (Lipinski definition) is 3. The summed E-state index contributed by atoms with van der Waals surface area (Å²) in [4.78, 5) is 13.0. The van der Waals surface area contributed by atoms with Gasteiger partial charge in [-0.2, -0.15) is 0 Å². The Morgan fingerprint density at radius 2 is 2.17 bits per heavy atom. The van der Waals surface area contributed by atoms with Crippen LogP contribution < -0.4 is 0 Å². The third-order valence-corrected chi connectivity index (χ3v) is 1.17. The molecule has 0 unspecified atom stereocenters. The molecule has 7 nitrogen and oxygen atoms in total. The second kappa shape index (κ2) is 5.50. The molecule has 0 aromatic carbocycles. The third-order valence-electron chi connectivity index (χ3n) is 1.17. The average molecular weight is 175 g/mol. The van der Waals surface area contributed by atoms with Gasteiger partial charge in [0.05, 0.1) is 13.2 Å². The monoisotopic (exact) mass is 175 g/mol. The van der Waals surface area contributed by atoms with Crippen LogP contribution in [0.1, 0.15) is 0 Å². The van der Waals surface area contributed by atoms with Gasteiger partial charge in [-0.05, 0) is 5.53 Å². The van der Waals surface area contributed by atoms with Gasteiger partial charge in [0.2, 0.25) is 0 Å². The van der Waals surface area contributed by atoms with Gasteiger partial charge in [0.25, 0.3) is 0 Å². The first-order chi connectivity index (χ1) is 5.63. The van der Waals surface area contributed by atoms with Gasteiger partial charge in [-0.3, -0.25) is 4.79 Å². The molecule has 0 amide bonds. The fourth-order valence-electron chi connectivity index (χ4n) is 0.509. The van der Waals surface area contributed by atoms with E-state index in [0.29, 0.717) is 0 Å². The lowest BCUT2D eigenvalue weighted by molar-refractivity contribution is -0.133. The van der Waals surface area contributed by atoms with E-state index in [2.05, 4.69) is 10.0 Å². The molecule has 7 heteroatoms. The summed E-state index contributed by atoms with van der Waals surface area (Å²) >= 11 is 0. The highest BCUT2D eigenvalue weighted by Crippen LogP contribution is 1.94. The molecule has 0 aliphatic carbocycles. The lowest BCUT2D eigenvalue weighted by atomic mass is 10.1. The Morgan fingerprint density at radius 1 is 1.58 bits per heavy atom. The van der Waals surface area contributed by atoms with Crippen LogP contribution in [0.15, 0.2) is 5.11 Å². The van der Waals surface area contributed by atoms with Crippen molar-refractivity contribution in [3.8, 4) is 0 Å². The zero-order valence-electron chi connectivity index (χ0n) is 6.16. The molecule has 68 valence electrons. The second-order valence-electron chi connectivity index (χ2n) is 2.05. The van der Waals surface area contributed by atoms with Crippen molar-refractivity contribution in [3.05, 3.63) is 10.4 Å². The van der Waals surface area contributed by atoms with Gasteiger partial charge in [0, 0.05) is 4.91 Å². The minimum Gasteiger partial charge on any atom is -0.394 e. The smallest absolute Gasteiger partial charge is 0.169 e. The average Bonchev–Trinajstić information content (AvgIpc) is 2.11. The summed E-state index contributed by atoms with van der Waals surface area (Å²) < 4.78 is 0. The second-order valence-corrected chi connectivity index (χ2v) is 2.05. The van der Waals surface area contributed by atoms with Crippen molar-refractivity contribution in [2.45, 2.75) is 12.2 Å². The predicted molar refractivity (Wildman–Crippen MR) is 38.1 cm³/mol. The molecule has 0 spiro atoms. The summed E-state index contributed by atoms with van der Waals surface area (Å²) in [5, 5.41) is 28.8. The van der Waals surface area contributed by atoms with Gasteiger partial charge in [0.15, 0.2) is 5.78 Å². The van der Waals surface area contributed by atoms with Crippen molar-refractivity contribution in [1.82, 2.24) is 0 Å². The van der Waals surface area contributed by atoms with Crippen molar-refractivity contribution in [1.29, 1.82) is 0 Å². The van der Waals surface area contributed by atoms with Gasteiger partial charge in [0.1, 0.15) is 12.2 Å². The quantitative estimate of drug-likeness (QED) is 0.269. The van der Waals surface area contributed by atoms with Crippen molar-refractivity contribution >= 4 is 5.78 Å². The summed E-state index contributed by atoms with van der Waals surface area (Å²) in [7, 11) is 0. The van der Waals surface area contributed by atoms with Gasteiger partial charge in [-0.1, -0.05) is 5.11 Å². The van der Waals surface area contributed by atoms with Crippen molar-refractivity contribution < 1.29 is 20.1 Å². The van der Waals surface area contributed by atoms with E-state index in [0.717, 1.165) is 0 Å². The van der Waals surface area contributed by atoms with E-state index in [9.17, 15) is 4.79 Å². The van der Waals surface area contributed by atoms with Crippen LogP contribution in [0, 0.1) is 0 Å². The fraction of sp³-hybridized carbons (Fsp3) is 0.800. The molecule has 0 aromatic rings. The highest BCUT2D eigenvalue weighted by molar-refractivity contribution is 5.85. The number of Topliss-reactive ketones (excluding diaryl/α,β-unsaturated/α-hetero) is 1. The Labute approximate surface area is 67.9 Å². The van der Waals surface area contributed by atoms with Crippen LogP contribution in [0.25, 0.3) is 10.4 Å². The number of carbonyl (C=O) groups is 1. The Kier molecular flexibility index (Phi) is 4.98. The van der Waals surface area contributed by atoms with Gasteiger partial charge in [-0.25, -0.2) is 0 Å². The molecule has 3 N–H and O–H groups in total. The number of nitrogens with zero attached hydrogens (tertiary/aromatic N) is 3. The molecular formula is C5H9N3O4. The SMILES string of the molecule is [N-]=[N+]=NCC(=O)[C@@H](O)[C@@H](O)CO. The zero-order chi connectivity index (χ0) is 9.56. The van der Waals surface area contributed by atoms with E-state index in [1.165, 1.54) is 0 Å². The van der Waals surface area contributed by atoms with Crippen LogP contribution in [-0.2, 0) is 4.79 Å². The Hall–Kier alpha value is -1.14. The van der Waals surface area contributed by atoms with E-state index in [4.69, 9.17) is 20.9 Å². The van der Waals surface area contributed by atoms with Crippen LogP contribution in [0.4, 0.5) is 0 Å². The Morgan fingerprint density at radius 3 is 2.58 bits per heavy atom. The van der Waals surface area contributed by atoms with Crippen LogP contribution in [0.2, 0.25) is 0 Å². The summed E-state index contributed by atoms with van der Waals surface area (Å²) in [5.41, 5.74) is 7.81. The van der Waals surface area contributed by atoms with Crippen LogP contribution in [-0.4, -0.2) is 46.5 Å². The maximum Gasteiger partial charge on any atom is 0.169 e. The molecule has 0 aromatic heterocycles. The normalized spacial score (nSPS) is 14.6. The number of aliphatic hydroxyl groups is 3. The van der Waals surface area contributed by atoms with Gasteiger partial charge >= 0.3 is 0 Å². The minimum atomic E-state index is -1.69. The molecule has 0 rings (SSSR count). The largest absolute Gasteiger partial charge is 0.394 e. The molecule has 12 heavy (non-hydrogen) atoms. The van der Waals surface area contributed by atoms with E-state index in [1.807, 2.05) is 0 Å². The molecular weight excluding hydrogens is 166 g/mol. The number of hydrogen-bond acceptors (Lipinski definition) is 5. The predicted octanol–water partition coefficient (Wildman–Crippen LogP) is -1.42. The topological polar surface area (TPSA) is 127 Å². The standard InChI is InChI=1S/C5H9N3O4/c6-8-7-1-3(10)5(12)4(11)2-9/h4-5,9,11-12H,1-2H2/t4-,5+/m0/s1. The first kappa shape index (κ1) is 10.9. The lowest BCUT2D eigenvalue weighted by Gasteiger charge is -2.12. The van der Waals surface area contributed by atoms with E-state index >= 15 is 0 Å². The summed E-state index contributed by atoms with van der Waals surface area (Å²) in [5.74, 6) is -0.825. The van der Waals surface area contributed by atoms with Crippen molar-refractivity contribution in [2.24, 2.45) is 5.11 Å². The zero-order valence-corrected chi connectivity index (χ0v) is 6.16. The van der Waals surface area contributed by atoms with Crippen LogP contribution in [0.3, 0.4) is 0 Å². The highest BCUT2D eigenvalue weighted by atomic mass is 16.4. The molecule has 0 saturated heterocycles. The van der Waals surface area contributed by atoms with Crippen molar-refractivity contribution in [2.75, 3.05) is 13.2 Å². The van der Waals surface area contributed by atoms with Gasteiger partial charge < -0.3 is 15.3 Å². The first-order valence-electron chi connectivity index (χ1n) is 3.14. The minimum absolute atomic E-state index is 0.533. The molecule has 0 radical (unpaired) electrons. The lowest BCUT2D eigenvalue weighted by Crippen LogP contribution is -2.37. The number of rotatable bonds is 5. The summed E-state index contributed by atoms with van der Waals surface area (Å²) in [6, 6.07) is 0. The maximum absolute atomic E-state index is 10.7. The first-order valence-corrected chi connectivity index (χ1v) is 3.14. The van der Waals surface area contributed by atoms with Gasteiger partial charge in [-0.15, -0.1) is 0 Å². The molecule has 0 aliphatic rings. The number of aliphatic hydroxyl groups excluding tert-OH is 3. The van der Waals surface area contributed by atoms with Crippen LogP contribution >= 0.6 is 0 Å². The van der Waals surface area contributed by atoms with Crippen LogP contribution in [0.5, 0.6) is 0 Å². The third kappa shape index (κ3) is 3.31. The maximum atomic E-state index is 10.7. The number of ketones is 1. The molecule has 0 fully saturated rings. The molecule has 0 aliphatic heterocycles. The molecule has 2 atom stereocenters. The number of azide groups is 1. The highest BCUT2D eigenvalue weighted by Gasteiger charge is 2.22. The Balaban J connectivity index is 4.00. The van der Waals surface area contributed by atoms with E-state index < -0.39 is 31.1 Å². The number of carbonyl (C=O) groups excluding carboxylic acids is 1.